The Morgan fingerprint density at radius 1 is 1.11 bits per heavy atom. The highest BCUT2D eigenvalue weighted by Crippen LogP contribution is 2.31. The number of halogens is 1. The molecule has 0 saturated heterocycles. The minimum atomic E-state index is 0.456. The summed E-state index contributed by atoms with van der Waals surface area (Å²) >= 11 is 6.38. The van der Waals surface area contributed by atoms with Crippen molar-refractivity contribution < 1.29 is 0 Å². The van der Waals surface area contributed by atoms with E-state index in [-0.39, 0.29) is 0 Å². The third kappa shape index (κ3) is 2.92. The Labute approximate surface area is 114 Å². The lowest BCUT2D eigenvalue weighted by molar-refractivity contribution is 0.690. The summed E-state index contributed by atoms with van der Waals surface area (Å²) in [4.78, 5) is 0. The number of rotatable bonds is 4. The van der Waals surface area contributed by atoms with Gasteiger partial charge in [-0.3, -0.25) is 0 Å². The number of nitrogens with two attached hydrogens (primary N) is 1. The van der Waals surface area contributed by atoms with Gasteiger partial charge in [0.25, 0.3) is 0 Å². The Kier molecular flexibility index (Phi) is 4.40. The second kappa shape index (κ2) is 6.03. The molecule has 0 amide bonds. The molecule has 0 bridgehead atoms. The lowest BCUT2D eigenvalue weighted by atomic mass is 9.95. The van der Waals surface area contributed by atoms with E-state index in [0.717, 1.165) is 22.6 Å². The molecule has 2 aromatic rings. The molecule has 94 valence electrons. The molecule has 18 heavy (non-hydrogen) atoms. The molecule has 2 aromatic carbocycles. The van der Waals surface area contributed by atoms with Gasteiger partial charge in [0.15, 0.2) is 0 Å². The van der Waals surface area contributed by atoms with Crippen LogP contribution < -0.4 is 5.73 Å². The van der Waals surface area contributed by atoms with Gasteiger partial charge in [-0.25, -0.2) is 0 Å². The molecule has 0 aliphatic heterocycles. The van der Waals surface area contributed by atoms with E-state index in [1.165, 1.54) is 5.56 Å². The van der Waals surface area contributed by atoms with Crippen LogP contribution in [0.1, 0.15) is 24.8 Å². The van der Waals surface area contributed by atoms with Crippen LogP contribution in [0.2, 0.25) is 5.02 Å². The molecule has 0 aliphatic carbocycles. The Morgan fingerprint density at radius 2 is 1.83 bits per heavy atom. The van der Waals surface area contributed by atoms with Gasteiger partial charge in [-0.15, -0.1) is 0 Å². The van der Waals surface area contributed by atoms with E-state index in [4.69, 9.17) is 17.3 Å². The standard InChI is InChI=1S/C16H18ClN/c1-12(9-10-18)14-7-8-15(16(17)11-14)13-5-3-2-4-6-13/h2-8,11-12H,9-10,18H2,1H3. The molecular formula is C16H18ClN. The van der Waals surface area contributed by atoms with Crippen molar-refractivity contribution >= 4 is 11.6 Å². The molecule has 1 nitrogen and oxygen atoms in total. The summed E-state index contributed by atoms with van der Waals surface area (Å²) in [7, 11) is 0. The fourth-order valence-electron chi connectivity index (χ4n) is 2.11. The van der Waals surface area contributed by atoms with Crippen molar-refractivity contribution in [2.24, 2.45) is 5.73 Å². The fraction of sp³-hybridized carbons (Fsp3) is 0.250. The summed E-state index contributed by atoms with van der Waals surface area (Å²) in [5.74, 6) is 0.456. The summed E-state index contributed by atoms with van der Waals surface area (Å²) < 4.78 is 0. The SMILES string of the molecule is CC(CCN)c1ccc(-c2ccccc2)c(Cl)c1. The maximum absolute atomic E-state index is 6.38. The molecule has 2 rings (SSSR count). The highest BCUT2D eigenvalue weighted by molar-refractivity contribution is 6.33. The molecule has 0 aromatic heterocycles. The molecule has 0 fully saturated rings. The van der Waals surface area contributed by atoms with Crippen molar-refractivity contribution in [3.63, 3.8) is 0 Å². The normalized spacial score (nSPS) is 12.4. The first kappa shape index (κ1) is 13.1. The van der Waals surface area contributed by atoms with Crippen LogP contribution in [0.3, 0.4) is 0 Å². The first-order valence-electron chi connectivity index (χ1n) is 6.27. The lowest BCUT2D eigenvalue weighted by Crippen LogP contribution is -2.04. The first-order chi connectivity index (χ1) is 8.72. The molecule has 0 spiro atoms. The predicted octanol–water partition coefficient (Wildman–Crippen LogP) is 4.46. The van der Waals surface area contributed by atoms with E-state index in [0.29, 0.717) is 12.5 Å². The second-order valence-electron chi connectivity index (χ2n) is 4.58. The van der Waals surface area contributed by atoms with E-state index in [1.807, 2.05) is 18.2 Å². The van der Waals surface area contributed by atoms with Gasteiger partial charge in [0.1, 0.15) is 0 Å². The zero-order valence-electron chi connectivity index (χ0n) is 10.6. The van der Waals surface area contributed by atoms with E-state index >= 15 is 0 Å². The summed E-state index contributed by atoms with van der Waals surface area (Å²) in [6.07, 6.45) is 0.987. The lowest BCUT2D eigenvalue weighted by Gasteiger charge is -2.13. The highest BCUT2D eigenvalue weighted by atomic mass is 35.5. The maximum Gasteiger partial charge on any atom is 0.0487 e. The maximum atomic E-state index is 6.38. The van der Waals surface area contributed by atoms with E-state index in [2.05, 4.69) is 37.3 Å². The monoisotopic (exact) mass is 259 g/mol. The van der Waals surface area contributed by atoms with Crippen molar-refractivity contribution in [1.82, 2.24) is 0 Å². The molecule has 0 radical (unpaired) electrons. The molecular weight excluding hydrogens is 242 g/mol. The Balaban J connectivity index is 2.31. The van der Waals surface area contributed by atoms with E-state index < -0.39 is 0 Å². The molecule has 0 saturated carbocycles. The van der Waals surface area contributed by atoms with Crippen LogP contribution >= 0.6 is 11.6 Å². The summed E-state index contributed by atoms with van der Waals surface area (Å²) in [6.45, 7) is 2.89. The molecule has 0 heterocycles. The molecule has 1 atom stereocenters. The highest BCUT2D eigenvalue weighted by Gasteiger charge is 2.08. The Hall–Kier alpha value is -1.31. The zero-order chi connectivity index (χ0) is 13.0. The van der Waals surface area contributed by atoms with Gasteiger partial charge in [-0.2, -0.15) is 0 Å². The quantitative estimate of drug-likeness (QED) is 0.862. The fourth-order valence-corrected chi connectivity index (χ4v) is 2.40. The van der Waals surface area contributed by atoms with Crippen molar-refractivity contribution in [2.75, 3.05) is 6.54 Å². The average molecular weight is 260 g/mol. The van der Waals surface area contributed by atoms with Crippen LogP contribution in [0, 0.1) is 0 Å². The predicted molar refractivity (Wildman–Crippen MR) is 79.0 cm³/mol. The van der Waals surface area contributed by atoms with Crippen LogP contribution in [-0.4, -0.2) is 6.54 Å². The Bertz CT molecular complexity index is 508. The van der Waals surface area contributed by atoms with Crippen molar-refractivity contribution in [3.8, 4) is 11.1 Å². The topological polar surface area (TPSA) is 26.0 Å². The minimum absolute atomic E-state index is 0.456. The largest absolute Gasteiger partial charge is 0.330 e. The summed E-state index contributed by atoms with van der Waals surface area (Å²) in [5, 5.41) is 0.808. The van der Waals surface area contributed by atoms with Gasteiger partial charge in [0.2, 0.25) is 0 Å². The summed E-state index contributed by atoms with van der Waals surface area (Å²) in [6, 6.07) is 16.5. The number of hydrogen-bond donors (Lipinski definition) is 1. The van der Waals surface area contributed by atoms with Crippen LogP contribution in [0.15, 0.2) is 48.5 Å². The first-order valence-corrected chi connectivity index (χ1v) is 6.65. The van der Waals surface area contributed by atoms with Crippen LogP contribution in [0.25, 0.3) is 11.1 Å². The average Bonchev–Trinajstić information content (AvgIpc) is 2.40. The molecule has 0 aliphatic rings. The van der Waals surface area contributed by atoms with Gasteiger partial charge in [0, 0.05) is 10.6 Å². The smallest absolute Gasteiger partial charge is 0.0487 e. The van der Waals surface area contributed by atoms with Gasteiger partial charge in [0.05, 0.1) is 0 Å². The molecule has 1 unspecified atom stereocenters. The van der Waals surface area contributed by atoms with Crippen LogP contribution in [0.5, 0.6) is 0 Å². The zero-order valence-corrected chi connectivity index (χ0v) is 11.3. The van der Waals surface area contributed by atoms with Gasteiger partial charge in [-0.05, 0) is 36.1 Å². The second-order valence-corrected chi connectivity index (χ2v) is 4.99. The minimum Gasteiger partial charge on any atom is -0.330 e. The number of hydrogen-bond acceptors (Lipinski definition) is 1. The van der Waals surface area contributed by atoms with E-state index in [9.17, 15) is 0 Å². The van der Waals surface area contributed by atoms with Crippen molar-refractivity contribution in [3.05, 3.63) is 59.1 Å². The van der Waals surface area contributed by atoms with Gasteiger partial charge >= 0.3 is 0 Å². The van der Waals surface area contributed by atoms with Crippen LogP contribution in [0.4, 0.5) is 0 Å². The van der Waals surface area contributed by atoms with Crippen molar-refractivity contribution in [1.29, 1.82) is 0 Å². The number of benzene rings is 2. The van der Waals surface area contributed by atoms with Gasteiger partial charge in [-0.1, -0.05) is 61.0 Å². The van der Waals surface area contributed by atoms with E-state index in [1.54, 1.807) is 0 Å². The third-order valence-corrected chi connectivity index (χ3v) is 3.56. The molecule has 2 heteroatoms. The van der Waals surface area contributed by atoms with Crippen molar-refractivity contribution in [2.45, 2.75) is 19.3 Å². The van der Waals surface area contributed by atoms with Gasteiger partial charge < -0.3 is 5.73 Å². The summed E-state index contributed by atoms with van der Waals surface area (Å²) in [5.41, 5.74) is 9.09. The Morgan fingerprint density at radius 3 is 2.44 bits per heavy atom. The van der Waals surface area contributed by atoms with Crippen LogP contribution in [-0.2, 0) is 0 Å². The third-order valence-electron chi connectivity index (χ3n) is 3.25. The molecule has 2 N–H and O–H groups in total.